The topological polar surface area (TPSA) is 73.6 Å². The second-order valence-electron chi connectivity index (χ2n) is 7.61. The zero-order valence-electron chi connectivity index (χ0n) is 16.5. The van der Waals surface area contributed by atoms with Crippen LogP contribution < -0.4 is 9.72 Å². The summed E-state index contributed by atoms with van der Waals surface area (Å²) in [5.41, 5.74) is 0.181. The molecule has 0 fully saturated rings. The van der Waals surface area contributed by atoms with E-state index in [-0.39, 0.29) is 23.1 Å². The highest BCUT2D eigenvalue weighted by atomic mass is 19.4. The van der Waals surface area contributed by atoms with Crippen LogP contribution in [0.3, 0.4) is 0 Å². The third-order valence-electron chi connectivity index (χ3n) is 4.84. The Balaban J connectivity index is 1.69. The van der Waals surface area contributed by atoms with Gasteiger partial charge >= 0.3 is 6.18 Å². The van der Waals surface area contributed by atoms with Gasteiger partial charge in [-0.05, 0) is 18.1 Å². The van der Waals surface area contributed by atoms with Gasteiger partial charge in [-0.2, -0.15) is 13.2 Å². The van der Waals surface area contributed by atoms with Crippen LogP contribution in [-0.2, 0) is 10.9 Å². The molecule has 2 N–H and O–H groups in total. The predicted octanol–water partition coefficient (Wildman–Crippen LogP) is 4.32. The molecule has 1 unspecified atom stereocenters. The van der Waals surface area contributed by atoms with Crippen LogP contribution in [0, 0.1) is 5.92 Å². The van der Waals surface area contributed by atoms with Crippen LogP contribution in [0.1, 0.15) is 31.0 Å². The number of aliphatic imine (C=N–C) groups is 1. The second kappa shape index (κ2) is 8.06. The zero-order chi connectivity index (χ0) is 21.3. The van der Waals surface area contributed by atoms with Crippen LogP contribution in [0.15, 0.2) is 41.7 Å². The number of nitrogens with zero attached hydrogens (tertiary/aromatic N) is 2. The average molecular weight is 419 g/mol. The van der Waals surface area contributed by atoms with Gasteiger partial charge in [0, 0.05) is 12.2 Å². The molecular formula is C21H22F3N4O2+. The number of rotatable bonds is 5. The molecule has 1 aliphatic rings. The van der Waals surface area contributed by atoms with Crippen molar-refractivity contribution in [2.24, 2.45) is 10.9 Å². The summed E-state index contributed by atoms with van der Waals surface area (Å²) in [5.74, 6) is 1.20. The first kappa shape index (κ1) is 20.3. The molecule has 0 saturated carbocycles. The van der Waals surface area contributed by atoms with Crippen molar-refractivity contribution in [3.8, 4) is 5.75 Å². The maximum atomic E-state index is 13.1. The highest BCUT2D eigenvalue weighted by molar-refractivity contribution is 5.87. The normalized spacial score (nSPS) is 19.4. The van der Waals surface area contributed by atoms with Crippen molar-refractivity contribution in [1.82, 2.24) is 9.97 Å². The molecule has 1 aliphatic heterocycles. The van der Waals surface area contributed by atoms with Crippen LogP contribution in [0.25, 0.3) is 11.0 Å². The number of hydrogen-bond donors (Lipinski definition) is 1. The molecule has 0 radical (unpaired) electrons. The highest BCUT2D eigenvalue weighted by Gasteiger charge is 2.35. The number of halogens is 3. The summed E-state index contributed by atoms with van der Waals surface area (Å²) in [4.78, 5) is 13.6. The average Bonchev–Trinajstić information content (AvgIpc) is 3.16. The maximum Gasteiger partial charge on any atom is 0.431 e. The first-order valence-electron chi connectivity index (χ1n) is 9.67. The molecule has 0 saturated heterocycles. The van der Waals surface area contributed by atoms with Gasteiger partial charge in [-0.25, -0.2) is 4.98 Å². The number of para-hydroxylation sites is 1. The fraction of sp³-hybridized carbons (Fsp3) is 0.381. The monoisotopic (exact) mass is 419 g/mol. The Morgan fingerprint density at radius 2 is 2.17 bits per heavy atom. The van der Waals surface area contributed by atoms with Crippen molar-refractivity contribution in [2.75, 3.05) is 13.2 Å². The number of aromatic nitrogens is 3. The number of fused-ring (bicyclic) bond motifs is 2. The van der Waals surface area contributed by atoms with Gasteiger partial charge in [0.1, 0.15) is 29.5 Å². The summed E-state index contributed by atoms with van der Waals surface area (Å²) in [7, 11) is 0. The number of ether oxygens (including phenoxy) is 2. The van der Waals surface area contributed by atoms with Crippen molar-refractivity contribution in [1.29, 1.82) is 0 Å². The lowest BCUT2D eigenvalue weighted by atomic mass is 9.91. The molecule has 0 amide bonds. The molecule has 3 aromatic rings. The predicted molar refractivity (Wildman–Crippen MR) is 105 cm³/mol. The van der Waals surface area contributed by atoms with E-state index in [2.05, 4.69) is 33.8 Å². The van der Waals surface area contributed by atoms with Gasteiger partial charge in [-0.1, -0.05) is 37.0 Å². The SMILES string of the molecule is CC(C)CO[C@H]1COc2ccccc2C1/C=N\c1[nH+]cnc2[nH]c(C(F)(F)F)cc12. The Labute approximate surface area is 171 Å². The Morgan fingerprint density at radius 1 is 1.37 bits per heavy atom. The van der Waals surface area contributed by atoms with Gasteiger partial charge in [0.15, 0.2) is 0 Å². The van der Waals surface area contributed by atoms with Crippen molar-refractivity contribution >= 4 is 23.1 Å². The van der Waals surface area contributed by atoms with E-state index in [9.17, 15) is 13.2 Å². The summed E-state index contributed by atoms with van der Waals surface area (Å²) in [5, 5.41) is 0.265. The lowest BCUT2D eigenvalue weighted by Gasteiger charge is -2.31. The minimum Gasteiger partial charge on any atom is -0.491 e. The fourth-order valence-electron chi connectivity index (χ4n) is 3.38. The van der Waals surface area contributed by atoms with Crippen LogP contribution in [-0.4, -0.2) is 35.5 Å². The number of H-pyrrole nitrogens is 2. The Hall–Kier alpha value is -2.94. The minimum absolute atomic E-state index is 0.119. The number of nitrogens with one attached hydrogen (secondary N) is 2. The molecule has 1 aromatic carbocycles. The third kappa shape index (κ3) is 4.16. The standard InChI is InChI=1S/C21H21F3N4O2/c1-12(2)9-29-17-10-30-16-6-4-3-5-13(16)15(17)8-25-19-14-7-18(21(22,23)24)28-20(14)27-11-26-19/h3-8,11-12,15,17H,9-10H2,1-2H3,(H,26,27,28)/p+1/b25-8-/t15?,17-/m0/s1. The Kier molecular flexibility index (Phi) is 5.46. The molecular weight excluding hydrogens is 397 g/mol. The Bertz CT molecular complexity index is 1060. The molecule has 0 aliphatic carbocycles. The van der Waals surface area contributed by atoms with Gasteiger partial charge in [-0.15, -0.1) is 4.99 Å². The lowest BCUT2D eigenvalue weighted by Crippen LogP contribution is -2.35. The third-order valence-corrected chi connectivity index (χ3v) is 4.84. The number of aromatic amines is 2. The van der Waals surface area contributed by atoms with Crippen LogP contribution >= 0.6 is 0 Å². The molecule has 158 valence electrons. The molecule has 2 atom stereocenters. The lowest BCUT2D eigenvalue weighted by molar-refractivity contribution is -0.365. The highest BCUT2D eigenvalue weighted by Crippen LogP contribution is 2.35. The van der Waals surface area contributed by atoms with Crippen molar-refractivity contribution in [3.05, 3.63) is 47.9 Å². The van der Waals surface area contributed by atoms with Crippen molar-refractivity contribution in [3.63, 3.8) is 0 Å². The zero-order valence-corrected chi connectivity index (χ0v) is 16.5. The number of hydrogen-bond acceptors (Lipinski definition) is 4. The van der Waals surface area contributed by atoms with Crippen molar-refractivity contribution < 1.29 is 27.6 Å². The fourth-order valence-corrected chi connectivity index (χ4v) is 3.38. The second-order valence-corrected chi connectivity index (χ2v) is 7.61. The maximum absolute atomic E-state index is 13.1. The van der Waals surface area contributed by atoms with Crippen molar-refractivity contribution in [2.45, 2.75) is 32.0 Å². The van der Waals surface area contributed by atoms with E-state index >= 15 is 0 Å². The number of benzene rings is 1. The molecule has 4 rings (SSSR count). The quantitative estimate of drug-likeness (QED) is 0.626. The van der Waals surface area contributed by atoms with E-state index in [1.54, 1.807) is 6.21 Å². The molecule has 9 heteroatoms. The van der Waals surface area contributed by atoms with E-state index in [4.69, 9.17) is 9.47 Å². The summed E-state index contributed by atoms with van der Waals surface area (Å²) < 4.78 is 51.1. The molecule has 2 aromatic heterocycles. The van der Waals surface area contributed by atoms with Gasteiger partial charge in [0.2, 0.25) is 12.0 Å². The van der Waals surface area contributed by atoms with Gasteiger partial charge in [0.25, 0.3) is 5.82 Å². The van der Waals surface area contributed by atoms with Gasteiger partial charge < -0.3 is 14.5 Å². The summed E-state index contributed by atoms with van der Waals surface area (Å²) in [6.07, 6.45) is -1.72. The smallest absolute Gasteiger partial charge is 0.431 e. The minimum atomic E-state index is -4.49. The molecule has 30 heavy (non-hydrogen) atoms. The summed E-state index contributed by atoms with van der Waals surface area (Å²) in [6, 6.07) is 8.64. The van der Waals surface area contributed by atoms with E-state index in [1.165, 1.54) is 6.33 Å². The van der Waals surface area contributed by atoms with E-state index in [0.717, 1.165) is 17.4 Å². The number of alkyl halides is 3. The van der Waals surface area contributed by atoms with Crippen LogP contribution in [0.2, 0.25) is 0 Å². The van der Waals surface area contributed by atoms with Crippen LogP contribution in [0.5, 0.6) is 5.75 Å². The summed E-state index contributed by atoms with van der Waals surface area (Å²) >= 11 is 0. The van der Waals surface area contributed by atoms with Gasteiger partial charge in [0.05, 0.1) is 12.1 Å². The first-order valence-corrected chi connectivity index (χ1v) is 9.67. The Morgan fingerprint density at radius 3 is 2.93 bits per heavy atom. The molecule has 0 spiro atoms. The summed E-state index contributed by atoms with van der Waals surface area (Å²) in [6.45, 7) is 5.07. The molecule has 3 heterocycles. The largest absolute Gasteiger partial charge is 0.491 e. The van der Waals surface area contributed by atoms with E-state index in [0.29, 0.717) is 24.9 Å². The van der Waals surface area contributed by atoms with Crippen LogP contribution in [0.4, 0.5) is 19.0 Å². The van der Waals surface area contributed by atoms with Gasteiger partial charge in [-0.3, -0.25) is 0 Å². The molecule has 6 nitrogen and oxygen atoms in total. The molecule has 0 bridgehead atoms. The van der Waals surface area contributed by atoms with E-state index < -0.39 is 11.9 Å². The van der Waals surface area contributed by atoms with E-state index in [1.807, 2.05) is 24.3 Å². The first-order chi connectivity index (χ1) is 14.3.